The van der Waals surface area contributed by atoms with Crippen LogP contribution in [-0.2, 0) is 32.5 Å². The first kappa shape index (κ1) is 24.2. The lowest BCUT2D eigenvalue weighted by Gasteiger charge is -2.43. The Hall–Kier alpha value is -2.42. The fourth-order valence-electron chi connectivity index (χ4n) is 4.16. The molecule has 2 aromatic rings. The van der Waals surface area contributed by atoms with Crippen LogP contribution in [-0.4, -0.2) is 59.8 Å². The molecule has 1 amide bonds. The summed E-state index contributed by atoms with van der Waals surface area (Å²) in [5.41, 5.74) is 2.04. The van der Waals surface area contributed by atoms with Crippen molar-refractivity contribution >= 4 is 33.5 Å². The fraction of sp³-hybridized carbons (Fsp3) is 0.391. The molecule has 1 saturated heterocycles. The smallest absolute Gasteiger partial charge is 0.307 e. The van der Waals surface area contributed by atoms with Gasteiger partial charge < -0.3 is 10.0 Å². The number of hydrogen-bond donors (Lipinski definition) is 1. The fourth-order valence-corrected chi connectivity index (χ4v) is 6.14. The Balaban J connectivity index is 1.78. The number of halogens is 1. The SMILES string of the molecule is Cc1ccc(S(=O)(=O)N2C(C)CN(C(=O)Cc3ccc(Cl)cc3)CC2C)cc1CC(=O)O. The van der Waals surface area contributed by atoms with Gasteiger partial charge in [-0.1, -0.05) is 29.8 Å². The van der Waals surface area contributed by atoms with Gasteiger partial charge in [-0.05, 0) is 61.7 Å². The lowest BCUT2D eigenvalue weighted by molar-refractivity contribution is -0.136. The van der Waals surface area contributed by atoms with Crippen molar-refractivity contribution in [1.82, 2.24) is 9.21 Å². The third-order valence-electron chi connectivity index (χ3n) is 5.70. The summed E-state index contributed by atoms with van der Waals surface area (Å²) in [5.74, 6) is -1.08. The van der Waals surface area contributed by atoms with E-state index < -0.39 is 28.1 Å². The van der Waals surface area contributed by atoms with E-state index in [1.165, 1.54) is 16.4 Å². The van der Waals surface area contributed by atoms with E-state index in [0.29, 0.717) is 10.6 Å². The summed E-state index contributed by atoms with van der Waals surface area (Å²) in [6, 6.07) is 10.8. The van der Waals surface area contributed by atoms with E-state index in [1.807, 2.05) is 0 Å². The Labute approximate surface area is 193 Å². The Morgan fingerprint density at radius 2 is 1.62 bits per heavy atom. The standard InChI is InChI=1S/C23H27ClN2O5S/c1-15-4-9-21(11-19(15)12-23(28)29)32(30,31)26-16(2)13-25(14-17(26)3)22(27)10-18-5-7-20(24)8-6-18/h4-9,11,16-17H,10,12-14H2,1-3H3,(H,28,29). The van der Waals surface area contributed by atoms with Crippen molar-refractivity contribution in [2.24, 2.45) is 0 Å². The summed E-state index contributed by atoms with van der Waals surface area (Å²) in [5, 5.41) is 9.72. The van der Waals surface area contributed by atoms with Crippen LogP contribution < -0.4 is 0 Å². The third kappa shape index (κ3) is 5.31. The van der Waals surface area contributed by atoms with Gasteiger partial charge in [0.25, 0.3) is 0 Å². The zero-order chi connectivity index (χ0) is 23.6. The van der Waals surface area contributed by atoms with Crippen LogP contribution in [0, 0.1) is 6.92 Å². The van der Waals surface area contributed by atoms with Gasteiger partial charge in [0.15, 0.2) is 0 Å². The molecule has 172 valence electrons. The molecule has 2 aromatic carbocycles. The summed E-state index contributed by atoms with van der Waals surface area (Å²) >= 11 is 5.90. The summed E-state index contributed by atoms with van der Waals surface area (Å²) in [7, 11) is -3.86. The van der Waals surface area contributed by atoms with Gasteiger partial charge in [0.1, 0.15) is 0 Å². The highest BCUT2D eigenvalue weighted by Crippen LogP contribution is 2.27. The molecular weight excluding hydrogens is 452 g/mol. The van der Waals surface area contributed by atoms with Gasteiger partial charge in [0.2, 0.25) is 15.9 Å². The molecule has 1 N–H and O–H groups in total. The molecule has 1 aliphatic rings. The number of carboxylic acid groups (broad SMARTS) is 1. The second kappa shape index (κ2) is 9.60. The zero-order valence-electron chi connectivity index (χ0n) is 18.3. The van der Waals surface area contributed by atoms with E-state index in [1.54, 1.807) is 56.0 Å². The maximum absolute atomic E-state index is 13.4. The summed E-state index contributed by atoms with van der Waals surface area (Å²) in [6.07, 6.45) is -0.0207. The molecule has 3 rings (SSSR count). The Morgan fingerprint density at radius 3 is 2.19 bits per heavy atom. The second-order valence-electron chi connectivity index (χ2n) is 8.29. The highest BCUT2D eigenvalue weighted by atomic mass is 35.5. The molecule has 0 aromatic heterocycles. The normalized spacial score (nSPS) is 19.7. The van der Waals surface area contributed by atoms with Crippen molar-refractivity contribution in [3.8, 4) is 0 Å². The van der Waals surface area contributed by atoms with Crippen molar-refractivity contribution in [2.45, 2.75) is 50.6 Å². The van der Waals surface area contributed by atoms with Gasteiger partial charge >= 0.3 is 5.97 Å². The maximum Gasteiger partial charge on any atom is 0.307 e. The van der Waals surface area contributed by atoms with Crippen LogP contribution in [0.3, 0.4) is 0 Å². The van der Waals surface area contributed by atoms with E-state index in [2.05, 4.69) is 0 Å². The van der Waals surface area contributed by atoms with Crippen LogP contribution in [0.25, 0.3) is 0 Å². The molecule has 32 heavy (non-hydrogen) atoms. The molecule has 9 heteroatoms. The molecule has 0 bridgehead atoms. The highest BCUT2D eigenvalue weighted by Gasteiger charge is 2.39. The van der Waals surface area contributed by atoms with Crippen molar-refractivity contribution in [1.29, 1.82) is 0 Å². The van der Waals surface area contributed by atoms with Gasteiger partial charge in [0.05, 0.1) is 17.7 Å². The molecule has 2 atom stereocenters. The van der Waals surface area contributed by atoms with E-state index in [9.17, 15) is 18.0 Å². The van der Waals surface area contributed by atoms with Crippen molar-refractivity contribution in [2.75, 3.05) is 13.1 Å². The van der Waals surface area contributed by atoms with Gasteiger partial charge in [-0.15, -0.1) is 0 Å². The highest BCUT2D eigenvalue weighted by molar-refractivity contribution is 7.89. The van der Waals surface area contributed by atoms with Crippen LogP contribution in [0.15, 0.2) is 47.4 Å². The summed E-state index contributed by atoms with van der Waals surface area (Å²) < 4.78 is 28.3. The number of carbonyl (C=O) groups is 2. The minimum Gasteiger partial charge on any atom is -0.481 e. The minimum absolute atomic E-state index is 0.0675. The minimum atomic E-state index is -3.86. The molecule has 1 aliphatic heterocycles. The first-order chi connectivity index (χ1) is 15.0. The second-order valence-corrected chi connectivity index (χ2v) is 10.6. The number of rotatable bonds is 6. The molecule has 1 heterocycles. The first-order valence-electron chi connectivity index (χ1n) is 10.4. The Kier molecular flexibility index (Phi) is 7.27. The summed E-state index contributed by atoms with van der Waals surface area (Å²) in [6.45, 7) is 5.88. The van der Waals surface area contributed by atoms with E-state index in [0.717, 1.165) is 11.1 Å². The Bertz CT molecular complexity index is 1110. The largest absolute Gasteiger partial charge is 0.481 e. The monoisotopic (exact) mass is 478 g/mol. The van der Waals surface area contributed by atoms with Crippen molar-refractivity contribution in [3.63, 3.8) is 0 Å². The molecule has 0 aliphatic carbocycles. The maximum atomic E-state index is 13.4. The first-order valence-corrected chi connectivity index (χ1v) is 12.2. The number of aliphatic carboxylic acids is 1. The average Bonchev–Trinajstić information content (AvgIpc) is 2.70. The molecule has 0 radical (unpaired) electrons. The lowest BCUT2D eigenvalue weighted by Crippen LogP contribution is -2.59. The van der Waals surface area contributed by atoms with Gasteiger partial charge in [-0.3, -0.25) is 9.59 Å². The molecule has 7 nitrogen and oxygen atoms in total. The van der Waals surface area contributed by atoms with Crippen LogP contribution in [0.2, 0.25) is 5.02 Å². The number of nitrogens with zero attached hydrogens (tertiary/aromatic N) is 2. The Morgan fingerprint density at radius 1 is 1.03 bits per heavy atom. The van der Waals surface area contributed by atoms with Crippen LogP contribution in [0.1, 0.15) is 30.5 Å². The third-order valence-corrected chi connectivity index (χ3v) is 8.07. The number of carbonyl (C=O) groups excluding carboxylic acids is 1. The van der Waals surface area contributed by atoms with Crippen LogP contribution in [0.5, 0.6) is 0 Å². The number of carboxylic acids is 1. The number of benzene rings is 2. The van der Waals surface area contributed by atoms with E-state index in [4.69, 9.17) is 16.7 Å². The predicted octanol–water partition coefficient (Wildman–Crippen LogP) is 3.13. The quantitative estimate of drug-likeness (QED) is 0.688. The number of aryl methyl sites for hydroxylation is 1. The molecule has 0 saturated carbocycles. The average molecular weight is 479 g/mol. The number of sulfonamides is 1. The molecule has 1 fully saturated rings. The molecule has 2 unspecified atom stereocenters. The van der Waals surface area contributed by atoms with E-state index >= 15 is 0 Å². The zero-order valence-corrected chi connectivity index (χ0v) is 19.9. The number of hydrogen-bond acceptors (Lipinski definition) is 4. The van der Waals surface area contributed by atoms with Gasteiger partial charge in [0, 0.05) is 30.2 Å². The number of amides is 1. The van der Waals surface area contributed by atoms with Crippen molar-refractivity contribution in [3.05, 3.63) is 64.2 Å². The van der Waals surface area contributed by atoms with E-state index in [-0.39, 0.29) is 36.7 Å². The van der Waals surface area contributed by atoms with Gasteiger partial charge in [-0.2, -0.15) is 4.31 Å². The molecule has 0 spiro atoms. The van der Waals surface area contributed by atoms with Gasteiger partial charge in [-0.25, -0.2) is 8.42 Å². The number of piperazine rings is 1. The predicted molar refractivity (Wildman–Crippen MR) is 122 cm³/mol. The van der Waals surface area contributed by atoms with Crippen LogP contribution in [0.4, 0.5) is 0 Å². The lowest BCUT2D eigenvalue weighted by atomic mass is 10.1. The molecular formula is C23H27ClN2O5S. The van der Waals surface area contributed by atoms with Crippen molar-refractivity contribution < 1.29 is 23.1 Å². The summed E-state index contributed by atoms with van der Waals surface area (Å²) in [4.78, 5) is 25.7. The van der Waals surface area contributed by atoms with Crippen LogP contribution >= 0.6 is 11.6 Å². The topological polar surface area (TPSA) is 95.0 Å².